The number of hydrogen-bond acceptors (Lipinski definition) is 4. The SMILES string of the molecule is COc1cccc(OCCNC(=O)CCc2cnn(-c3ccccc3)c2)c1. The molecule has 27 heavy (non-hydrogen) atoms. The van der Waals surface area contributed by atoms with Crippen LogP contribution in [0.3, 0.4) is 0 Å². The highest BCUT2D eigenvalue weighted by Crippen LogP contribution is 2.18. The molecule has 0 saturated carbocycles. The minimum absolute atomic E-state index is 0.00305. The van der Waals surface area contributed by atoms with Gasteiger partial charge in [-0.15, -0.1) is 0 Å². The molecule has 1 aromatic heterocycles. The highest BCUT2D eigenvalue weighted by atomic mass is 16.5. The van der Waals surface area contributed by atoms with Crippen molar-refractivity contribution in [3.05, 3.63) is 72.6 Å². The van der Waals surface area contributed by atoms with Gasteiger partial charge in [-0.1, -0.05) is 24.3 Å². The van der Waals surface area contributed by atoms with Crippen molar-refractivity contribution in [2.24, 2.45) is 0 Å². The molecular weight excluding hydrogens is 342 g/mol. The molecule has 2 aromatic carbocycles. The third kappa shape index (κ3) is 5.60. The monoisotopic (exact) mass is 365 g/mol. The van der Waals surface area contributed by atoms with E-state index >= 15 is 0 Å². The lowest BCUT2D eigenvalue weighted by Gasteiger charge is -2.08. The second-order valence-electron chi connectivity index (χ2n) is 6.01. The van der Waals surface area contributed by atoms with E-state index in [-0.39, 0.29) is 5.91 Å². The summed E-state index contributed by atoms with van der Waals surface area (Å²) in [5.74, 6) is 1.46. The van der Waals surface area contributed by atoms with Gasteiger partial charge in [-0.25, -0.2) is 4.68 Å². The summed E-state index contributed by atoms with van der Waals surface area (Å²) in [6, 6.07) is 17.3. The maximum absolute atomic E-state index is 12.0. The first-order chi connectivity index (χ1) is 13.2. The smallest absolute Gasteiger partial charge is 0.220 e. The van der Waals surface area contributed by atoms with Gasteiger partial charge in [0.25, 0.3) is 0 Å². The van der Waals surface area contributed by atoms with Gasteiger partial charge in [-0.05, 0) is 36.2 Å². The van der Waals surface area contributed by atoms with E-state index in [1.807, 2.05) is 65.5 Å². The van der Waals surface area contributed by atoms with Crippen LogP contribution in [-0.2, 0) is 11.2 Å². The van der Waals surface area contributed by atoms with E-state index in [0.717, 1.165) is 22.7 Å². The van der Waals surface area contributed by atoms with Gasteiger partial charge in [-0.3, -0.25) is 4.79 Å². The number of aryl methyl sites for hydroxylation is 1. The first kappa shape index (κ1) is 18.5. The molecule has 0 fully saturated rings. The van der Waals surface area contributed by atoms with E-state index in [9.17, 15) is 4.79 Å². The fourth-order valence-corrected chi connectivity index (χ4v) is 2.61. The van der Waals surface area contributed by atoms with Crippen LogP contribution in [0.5, 0.6) is 11.5 Å². The van der Waals surface area contributed by atoms with Crippen LogP contribution >= 0.6 is 0 Å². The van der Waals surface area contributed by atoms with Crippen LogP contribution in [0.15, 0.2) is 67.0 Å². The number of methoxy groups -OCH3 is 1. The summed E-state index contributed by atoms with van der Waals surface area (Å²) in [4.78, 5) is 12.0. The van der Waals surface area contributed by atoms with Crippen LogP contribution in [0.4, 0.5) is 0 Å². The minimum Gasteiger partial charge on any atom is -0.497 e. The molecule has 0 aliphatic rings. The average molecular weight is 365 g/mol. The van der Waals surface area contributed by atoms with Crippen molar-refractivity contribution in [2.45, 2.75) is 12.8 Å². The molecule has 0 aliphatic carbocycles. The maximum atomic E-state index is 12.0. The Balaban J connectivity index is 1.37. The molecule has 0 unspecified atom stereocenters. The molecule has 140 valence electrons. The highest BCUT2D eigenvalue weighted by Gasteiger charge is 2.05. The largest absolute Gasteiger partial charge is 0.497 e. The summed E-state index contributed by atoms with van der Waals surface area (Å²) >= 11 is 0. The van der Waals surface area contributed by atoms with Crippen LogP contribution in [0.2, 0.25) is 0 Å². The predicted molar refractivity (Wildman–Crippen MR) is 103 cm³/mol. The second-order valence-corrected chi connectivity index (χ2v) is 6.01. The number of amides is 1. The number of hydrogen-bond donors (Lipinski definition) is 1. The topological polar surface area (TPSA) is 65.4 Å². The molecule has 0 bridgehead atoms. The number of carbonyl (C=O) groups excluding carboxylic acids is 1. The van der Waals surface area contributed by atoms with Gasteiger partial charge in [0.15, 0.2) is 0 Å². The minimum atomic E-state index is -0.00305. The molecule has 3 aromatic rings. The summed E-state index contributed by atoms with van der Waals surface area (Å²) < 4.78 is 12.6. The first-order valence-corrected chi connectivity index (χ1v) is 8.87. The molecule has 6 nitrogen and oxygen atoms in total. The number of nitrogens with one attached hydrogen (secondary N) is 1. The summed E-state index contributed by atoms with van der Waals surface area (Å²) in [6.45, 7) is 0.865. The summed E-state index contributed by atoms with van der Waals surface area (Å²) in [7, 11) is 1.61. The Morgan fingerprint density at radius 2 is 1.93 bits per heavy atom. The van der Waals surface area contributed by atoms with E-state index in [2.05, 4.69) is 10.4 Å². The number of nitrogens with zero attached hydrogens (tertiary/aromatic N) is 2. The fraction of sp³-hybridized carbons (Fsp3) is 0.238. The number of ether oxygens (including phenoxy) is 2. The number of para-hydroxylation sites is 1. The molecule has 3 rings (SSSR count). The highest BCUT2D eigenvalue weighted by molar-refractivity contribution is 5.76. The summed E-state index contributed by atoms with van der Waals surface area (Å²) in [6.07, 6.45) is 4.82. The Bertz CT molecular complexity index is 862. The summed E-state index contributed by atoms with van der Waals surface area (Å²) in [5.41, 5.74) is 2.03. The molecular formula is C21H23N3O3. The van der Waals surface area contributed by atoms with E-state index in [1.54, 1.807) is 13.3 Å². The van der Waals surface area contributed by atoms with Crippen molar-refractivity contribution in [3.63, 3.8) is 0 Å². The normalized spacial score (nSPS) is 10.4. The van der Waals surface area contributed by atoms with Crippen molar-refractivity contribution >= 4 is 5.91 Å². The second kappa shape index (κ2) is 9.43. The van der Waals surface area contributed by atoms with Gasteiger partial charge < -0.3 is 14.8 Å². The Labute approximate surface area is 158 Å². The molecule has 0 aliphatic heterocycles. The van der Waals surface area contributed by atoms with E-state index in [4.69, 9.17) is 9.47 Å². The molecule has 0 saturated heterocycles. The Kier molecular flexibility index (Phi) is 6.46. The number of benzene rings is 2. The van der Waals surface area contributed by atoms with E-state index < -0.39 is 0 Å². The lowest BCUT2D eigenvalue weighted by atomic mass is 10.2. The predicted octanol–water partition coefficient (Wildman–Crippen LogP) is 3.01. The number of rotatable bonds is 9. The van der Waals surface area contributed by atoms with Crippen LogP contribution in [0, 0.1) is 0 Å². The molecule has 6 heteroatoms. The molecule has 0 radical (unpaired) electrons. The standard InChI is InChI=1S/C21H23N3O3/c1-26-19-8-5-9-20(14-19)27-13-12-22-21(25)11-10-17-15-23-24(16-17)18-6-3-2-4-7-18/h2-9,14-16H,10-13H2,1H3,(H,22,25). The average Bonchev–Trinajstić information content (AvgIpc) is 3.20. The molecule has 1 heterocycles. The van der Waals surface area contributed by atoms with Crippen molar-refractivity contribution in [1.82, 2.24) is 15.1 Å². The summed E-state index contributed by atoms with van der Waals surface area (Å²) in [5, 5.41) is 7.21. The van der Waals surface area contributed by atoms with Gasteiger partial charge in [0, 0.05) is 18.7 Å². The van der Waals surface area contributed by atoms with E-state index in [1.165, 1.54) is 0 Å². The van der Waals surface area contributed by atoms with E-state index in [0.29, 0.717) is 26.0 Å². The van der Waals surface area contributed by atoms with Crippen molar-refractivity contribution < 1.29 is 14.3 Å². The molecule has 0 atom stereocenters. The van der Waals surface area contributed by atoms with Crippen LogP contribution in [-0.4, -0.2) is 35.9 Å². The van der Waals surface area contributed by atoms with Gasteiger partial charge in [0.2, 0.25) is 5.91 Å². The zero-order valence-electron chi connectivity index (χ0n) is 15.3. The molecule has 1 amide bonds. The fourth-order valence-electron chi connectivity index (χ4n) is 2.61. The first-order valence-electron chi connectivity index (χ1n) is 8.87. The zero-order valence-corrected chi connectivity index (χ0v) is 15.3. The van der Waals surface area contributed by atoms with Gasteiger partial charge in [0.05, 0.1) is 25.5 Å². The number of aromatic nitrogens is 2. The maximum Gasteiger partial charge on any atom is 0.220 e. The third-order valence-corrected chi connectivity index (χ3v) is 4.03. The quantitative estimate of drug-likeness (QED) is 0.592. The van der Waals surface area contributed by atoms with Crippen molar-refractivity contribution in [1.29, 1.82) is 0 Å². The van der Waals surface area contributed by atoms with Gasteiger partial charge in [-0.2, -0.15) is 5.10 Å². The lowest BCUT2D eigenvalue weighted by molar-refractivity contribution is -0.121. The van der Waals surface area contributed by atoms with Crippen molar-refractivity contribution in [2.75, 3.05) is 20.3 Å². The Morgan fingerprint density at radius 3 is 2.74 bits per heavy atom. The zero-order chi connectivity index (χ0) is 18.9. The lowest BCUT2D eigenvalue weighted by Crippen LogP contribution is -2.28. The van der Waals surface area contributed by atoms with Gasteiger partial charge >= 0.3 is 0 Å². The third-order valence-electron chi connectivity index (χ3n) is 4.03. The Morgan fingerprint density at radius 1 is 1.11 bits per heavy atom. The molecule has 0 spiro atoms. The molecule has 1 N–H and O–H groups in total. The number of carbonyl (C=O) groups is 1. The van der Waals surface area contributed by atoms with Crippen LogP contribution in [0.25, 0.3) is 5.69 Å². The van der Waals surface area contributed by atoms with Crippen LogP contribution < -0.4 is 14.8 Å². The van der Waals surface area contributed by atoms with Gasteiger partial charge in [0.1, 0.15) is 18.1 Å². The Hall–Kier alpha value is -3.28. The van der Waals surface area contributed by atoms with Crippen molar-refractivity contribution in [3.8, 4) is 17.2 Å². The van der Waals surface area contributed by atoms with Crippen LogP contribution in [0.1, 0.15) is 12.0 Å².